The lowest BCUT2D eigenvalue weighted by Gasteiger charge is -2.04. The summed E-state index contributed by atoms with van der Waals surface area (Å²) in [6, 6.07) is 9.01. The Hall–Kier alpha value is -2.82. The molecule has 3 rings (SSSR count). The summed E-state index contributed by atoms with van der Waals surface area (Å²) in [6.07, 6.45) is 0. The maximum absolute atomic E-state index is 9.79. The molecule has 0 unspecified atom stereocenters. The molecule has 4 N–H and O–H groups in total. The zero-order valence-electron chi connectivity index (χ0n) is 9.66. The number of phenols is 4. The number of benzene rings is 2. The number of phenolic OH excluding ortho intramolecular Hbond substituents is 4. The molecule has 5 nitrogen and oxygen atoms in total. The Morgan fingerprint density at radius 1 is 0.789 bits per heavy atom. The number of hydrogen-bond donors (Lipinski definition) is 4. The van der Waals surface area contributed by atoms with Gasteiger partial charge in [-0.3, -0.25) is 0 Å². The summed E-state index contributed by atoms with van der Waals surface area (Å²) in [5.74, 6) is -1.06. The highest BCUT2D eigenvalue weighted by atomic mass is 16.3. The lowest BCUT2D eigenvalue weighted by Crippen LogP contribution is -1.77. The van der Waals surface area contributed by atoms with Gasteiger partial charge in [-0.25, -0.2) is 0 Å². The topological polar surface area (TPSA) is 94.1 Å². The van der Waals surface area contributed by atoms with Gasteiger partial charge in [0.05, 0.1) is 5.56 Å². The molecule has 3 aromatic rings. The summed E-state index contributed by atoms with van der Waals surface area (Å²) < 4.78 is 5.50. The molecule has 0 fully saturated rings. The van der Waals surface area contributed by atoms with E-state index in [4.69, 9.17) is 4.42 Å². The average Bonchev–Trinajstić information content (AvgIpc) is 2.78. The first-order valence-electron chi connectivity index (χ1n) is 5.53. The van der Waals surface area contributed by atoms with E-state index in [-0.39, 0.29) is 11.3 Å². The Bertz CT molecular complexity index is 773. The van der Waals surface area contributed by atoms with Crippen LogP contribution in [0.3, 0.4) is 0 Å². The molecule has 0 atom stereocenters. The van der Waals surface area contributed by atoms with Crippen molar-refractivity contribution in [1.29, 1.82) is 0 Å². The molecule has 5 heteroatoms. The van der Waals surface area contributed by atoms with E-state index in [1.54, 1.807) is 12.1 Å². The molecule has 0 bridgehead atoms. The number of rotatable bonds is 1. The number of furan rings is 1. The van der Waals surface area contributed by atoms with Gasteiger partial charge < -0.3 is 24.8 Å². The average molecular weight is 258 g/mol. The maximum atomic E-state index is 9.79. The van der Waals surface area contributed by atoms with Crippen molar-refractivity contribution >= 4 is 11.0 Å². The van der Waals surface area contributed by atoms with Crippen LogP contribution in [0.5, 0.6) is 23.0 Å². The molecule has 0 saturated heterocycles. The Balaban J connectivity index is 2.22. The third-order valence-electron chi connectivity index (χ3n) is 2.90. The van der Waals surface area contributed by atoms with Crippen LogP contribution in [-0.2, 0) is 0 Å². The van der Waals surface area contributed by atoms with Crippen molar-refractivity contribution in [3.8, 4) is 34.3 Å². The Labute approximate surface area is 107 Å². The molecule has 0 aliphatic carbocycles. The minimum Gasteiger partial charge on any atom is -0.508 e. The zero-order chi connectivity index (χ0) is 13.6. The number of aromatic hydroxyl groups is 4. The molecular weight excluding hydrogens is 248 g/mol. The summed E-state index contributed by atoms with van der Waals surface area (Å²) in [5.41, 5.74) is 0.716. The SMILES string of the molecule is Oc1ccc2cc(-c3ccc(O)c(O)c3O)oc2c1. The minimum atomic E-state index is -0.596. The quantitative estimate of drug-likeness (QED) is 0.503. The van der Waals surface area contributed by atoms with Crippen molar-refractivity contribution in [3.05, 3.63) is 36.4 Å². The molecule has 1 aromatic heterocycles. The number of fused-ring (bicyclic) bond motifs is 1. The lowest BCUT2D eigenvalue weighted by molar-refractivity contribution is 0.368. The molecule has 0 amide bonds. The maximum Gasteiger partial charge on any atom is 0.201 e. The summed E-state index contributed by atoms with van der Waals surface area (Å²) in [7, 11) is 0. The normalized spacial score (nSPS) is 10.9. The molecule has 0 aliphatic heterocycles. The van der Waals surface area contributed by atoms with Crippen LogP contribution in [0.2, 0.25) is 0 Å². The van der Waals surface area contributed by atoms with E-state index in [0.29, 0.717) is 11.3 Å². The molecule has 0 spiro atoms. The van der Waals surface area contributed by atoms with Crippen LogP contribution in [0.1, 0.15) is 0 Å². The monoisotopic (exact) mass is 258 g/mol. The fraction of sp³-hybridized carbons (Fsp3) is 0. The zero-order valence-corrected chi connectivity index (χ0v) is 9.66. The summed E-state index contributed by atoms with van der Waals surface area (Å²) in [5, 5.41) is 38.7. The van der Waals surface area contributed by atoms with E-state index in [1.807, 2.05) is 0 Å². The lowest BCUT2D eigenvalue weighted by atomic mass is 10.1. The van der Waals surface area contributed by atoms with E-state index < -0.39 is 17.2 Å². The number of hydrogen-bond acceptors (Lipinski definition) is 5. The second kappa shape index (κ2) is 3.84. The predicted octanol–water partition coefficient (Wildman–Crippen LogP) is 2.92. The fourth-order valence-corrected chi connectivity index (χ4v) is 1.92. The van der Waals surface area contributed by atoms with Crippen LogP contribution in [0, 0.1) is 0 Å². The van der Waals surface area contributed by atoms with E-state index in [1.165, 1.54) is 24.3 Å². The smallest absolute Gasteiger partial charge is 0.201 e. The predicted molar refractivity (Wildman–Crippen MR) is 68.3 cm³/mol. The van der Waals surface area contributed by atoms with Crippen LogP contribution in [0.15, 0.2) is 40.8 Å². The van der Waals surface area contributed by atoms with Crippen LogP contribution >= 0.6 is 0 Å². The summed E-state index contributed by atoms with van der Waals surface area (Å²) in [4.78, 5) is 0. The van der Waals surface area contributed by atoms with Crippen LogP contribution in [0.4, 0.5) is 0 Å². The molecule has 0 saturated carbocycles. The fourth-order valence-electron chi connectivity index (χ4n) is 1.92. The Morgan fingerprint density at radius 2 is 1.58 bits per heavy atom. The molecule has 1 heterocycles. The van der Waals surface area contributed by atoms with Crippen molar-refractivity contribution in [3.63, 3.8) is 0 Å². The standard InChI is InChI=1S/C14H10O5/c15-8-2-1-7-5-12(19-11(7)6-8)9-3-4-10(16)14(18)13(9)17/h1-6,15-18H. The van der Waals surface area contributed by atoms with E-state index in [9.17, 15) is 20.4 Å². The summed E-state index contributed by atoms with van der Waals surface area (Å²) in [6.45, 7) is 0. The van der Waals surface area contributed by atoms with E-state index in [0.717, 1.165) is 5.39 Å². The molecule has 2 aromatic carbocycles. The van der Waals surface area contributed by atoms with Gasteiger partial charge in [0.1, 0.15) is 17.1 Å². The first-order valence-corrected chi connectivity index (χ1v) is 5.53. The second-order valence-electron chi connectivity index (χ2n) is 4.16. The Kier molecular flexibility index (Phi) is 2.28. The highest BCUT2D eigenvalue weighted by molar-refractivity contribution is 5.85. The largest absolute Gasteiger partial charge is 0.508 e. The van der Waals surface area contributed by atoms with Crippen molar-refractivity contribution in [2.75, 3.05) is 0 Å². The van der Waals surface area contributed by atoms with Gasteiger partial charge in [0, 0.05) is 11.5 Å². The van der Waals surface area contributed by atoms with Gasteiger partial charge in [-0.1, -0.05) is 0 Å². The van der Waals surface area contributed by atoms with Crippen LogP contribution in [0.25, 0.3) is 22.3 Å². The van der Waals surface area contributed by atoms with Gasteiger partial charge >= 0.3 is 0 Å². The molecule has 0 radical (unpaired) electrons. The first kappa shape index (κ1) is 11.3. The van der Waals surface area contributed by atoms with Gasteiger partial charge in [0.25, 0.3) is 0 Å². The molecular formula is C14H10O5. The van der Waals surface area contributed by atoms with Crippen LogP contribution in [-0.4, -0.2) is 20.4 Å². The second-order valence-corrected chi connectivity index (χ2v) is 4.16. The highest BCUT2D eigenvalue weighted by Crippen LogP contribution is 2.43. The third kappa shape index (κ3) is 1.72. The molecule has 0 aliphatic rings. The Morgan fingerprint density at radius 3 is 2.37 bits per heavy atom. The van der Waals surface area contributed by atoms with E-state index >= 15 is 0 Å². The van der Waals surface area contributed by atoms with Crippen molar-refractivity contribution in [2.45, 2.75) is 0 Å². The molecule has 19 heavy (non-hydrogen) atoms. The van der Waals surface area contributed by atoms with Crippen molar-refractivity contribution < 1.29 is 24.8 Å². The van der Waals surface area contributed by atoms with Gasteiger partial charge in [0.15, 0.2) is 11.5 Å². The van der Waals surface area contributed by atoms with Gasteiger partial charge in [0.2, 0.25) is 5.75 Å². The summed E-state index contributed by atoms with van der Waals surface area (Å²) >= 11 is 0. The van der Waals surface area contributed by atoms with Gasteiger partial charge in [-0.2, -0.15) is 0 Å². The van der Waals surface area contributed by atoms with Crippen molar-refractivity contribution in [1.82, 2.24) is 0 Å². The molecule has 96 valence electrons. The van der Waals surface area contributed by atoms with Crippen molar-refractivity contribution in [2.24, 2.45) is 0 Å². The third-order valence-corrected chi connectivity index (χ3v) is 2.90. The minimum absolute atomic E-state index is 0.0752. The van der Waals surface area contributed by atoms with Gasteiger partial charge in [-0.05, 0) is 30.3 Å². The first-order chi connectivity index (χ1) is 9.06. The van der Waals surface area contributed by atoms with E-state index in [2.05, 4.69) is 0 Å². The van der Waals surface area contributed by atoms with Gasteiger partial charge in [-0.15, -0.1) is 0 Å². The highest BCUT2D eigenvalue weighted by Gasteiger charge is 2.16. The van der Waals surface area contributed by atoms with Crippen LogP contribution < -0.4 is 0 Å².